The van der Waals surface area contributed by atoms with E-state index in [0.29, 0.717) is 6.04 Å². The molecule has 2 rings (SSSR count). The summed E-state index contributed by atoms with van der Waals surface area (Å²) in [5.41, 5.74) is 7.12. The minimum Gasteiger partial charge on any atom is -0.326 e. The zero-order valence-electron chi connectivity index (χ0n) is 13.5. The molecule has 2 aliphatic rings. The monoisotopic (exact) mass is 266 g/mol. The topological polar surface area (TPSA) is 29.3 Å². The van der Waals surface area contributed by atoms with Crippen LogP contribution in [0.25, 0.3) is 0 Å². The molecule has 0 aromatic heterocycles. The molecule has 2 N–H and O–H groups in total. The second-order valence-corrected chi connectivity index (χ2v) is 7.76. The highest BCUT2D eigenvalue weighted by molar-refractivity contribution is 5.02. The van der Waals surface area contributed by atoms with Crippen LogP contribution in [0.3, 0.4) is 0 Å². The van der Waals surface area contributed by atoms with Crippen molar-refractivity contribution >= 4 is 0 Å². The van der Waals surface area contributed by atoms with Crippen LogP contribution < -0.4 is 5.73 Å². The van der Waals surface area contributed by atoms with E-state index in [9.17, 15) is 0 Å². The molecular formula is C17H34N2. The van der Waals surface area contributed by atoms with Gasteiger partial charge in [0.15, 0.2) is 0 Å². The minimum absolute atomic E-state index is 0.277. The van der Waals surface area contributed by atoms with Gasteiger partial charge in [-0.1, -0.05) is 33.1 Å². The van der Waals surface area contributed by atoms with Crippen LogP contribution in [0, 0.1) is 17.8 Å². The summed E-state index contributed by atoms with van der Waals surface area (Å²) in [6.07, 6.45) is 10.8. The van der Waals surface area contributed by atoms with Crippen LogP contribution in [0.1, 0.15) is 65.2 Å². The van der Waals surface area contributed by atoms with Crippen molar-refractivity contribution in [2.45, 2.75) is 76.8 Å². The molecule has 2 heteroatoms. The van der Waals surface area contributed by atoms with E-state index < -0.39 is 0 Å². The molecule has 2 aliphatic carbocycles. The lowest BCUT2D eigenvalue weighted by Gasteiger charge is -2.51. The number of likely N-dealkylation sites (N-methyl/N-ethyl adjacent to an activating group) is 1. The molecule has 0 radical (unpaired) electrons. The van der Waals surface area contributed by atoms with Gasteiger partial charge >= 0.3 is 0 Å². The fourth-order valence-electron chi connectivity index (χ4n) is 4.98. The third-order valence-electron chi connectivity index (χ3n) is 5.95. The Bertz CT molecular complexity index is 271. The summed E-state index contributed by atoms with van der Waals surface area (Å²) in [5, 5.41) is 0. The molecule has 0 aromatic carbocycles. The number of hydrogen-bond donors (Lipinski definition) is 1. The Morgan fingerprint density at radius 2 is 1.47 bits per heavy atom. The van der Waals surface area contributed by atoms with E-state index in [4.69, 9.17) is 5.73 Å². The van der Waals surface area contributed by atoms with Gasteiger partial charge in [-0.05, 0) is 64.0 Å². The van der Waals surface area contributed by atoms with Gasteiger partial charge in [0.1, 0.15) is 0 Å². The molecule has 0 aromatic rings. The lowest BCUT2D eigenvalue weighted by atomic mass is 9.65. The first-order valence-electron chi connectivity index (χ1n) is 8.38. The van der Waals surface area contributed by atoms with Gasteiger partial charge in [-0.3, -0.25) is 0 Å². The summed E-state index contributed by atoms with van der Waals surface area (Å²) in [4.78, 5) is 2.46. The lowest BCUT2D eigenvalue weighted by molar-refractivity contribution is 0.0292. The van der Waals surface area contributed by atoms with Crippen molar-refractivity contribution in [3.05, 3.63) is 0 Å². The van der Waals surface area contributed by atoms with Crippen LogP contribution in [0.2, 0.25) is 0 Å². The average Bonchev–Trinajstić information content (AvgIpc) is 2.37. The van der Waals surface area contributed by atoms with Crippen LogP contribution in [-0.4, -0.2) is 30.6 Å². The second-order valence-electron chi connectivity index (χ2n) is 7.76. The fraction of sp³-hybridized carbons (Fsp3) is 1.00. The number of hydrogen-bond acceptors (Lipinski definition) is 2. The maximum Gasteiger partial charge on any atom is 0.0357 e. The number of rotatable bonds is 3. The molecule has 0 saturated heterocycles. The second kappa shape index (κ2) is 6.13. The van der Waals surface area contributed by atoms with Crippen molar-refractivity contribution in [3.63, 3.8) is 0 Å². The van der Waals surface area contributed by atoms with E-state index in [0.717, 1.165) is 17.8 Å². The highest BCUT2D eigenvalue weighted by atomic mass is 15.2. The molecule has 112 valence electrons. The SMILES string of the molecule is CC1CC(C)CC(C(N)C2(N(C)C)CCCCC2)C1. The zero-order chi connectivity index (χ0) is 14.0. The van der Waals surface area contributed by atoms with Crippen molar-refractivity contribution < 1.29 is 0 Å². The standard InChI is InChI=1S/C17H34N2/c1-13-10-14(2)12-15(11-13)16(18)17(19(3)4)8-6-5-7-9-17/h13-16H,5-12,18H2,1-4H3. The summed E-state index contributed by atoms with van der Waals surface area (Å²) < 4.78 is 0. The first-order valence-corrected chi connectivity index (χ1v) is 8.38. The summed E-state index contributed by atoms with van der Waals surface area (Å²) in [6, 6.07) is 0.369. The lowest BCUT2D eigenvalue weighted by Crippen LogP contribution is -2.61. The third kappa shape index (κ3) is 3.16. The molecule has 0 spiro atoms. The quantitative estimate of drug-likeness (QED) is 0.845. The summed E-state index contributed by atoms with van der Waals surface area (Å²) >= 11 is 0. The minimum atomic E-state index is 0.277. The smallest absolute Gasteiger partial charge is 0.0357 e. The van der Waals surface area contributed by atoms with E-state index in [1.54, 1.807) is 0 Å². The average molecular weight is 266 g/mol. The Morgan fingerprint density at radius 3 is 1.95 bits per heavy atom. The Labute approximate surface area is 120 Å². The van der Waals surface area contributed by atoms with Gasteiger partial charge in [0.05, 0.1) is 0 Å². The van der Waals surface area contributed by atoms with Crippen LogP contribution in [-0.2, 0) is 0 Å². The van der Waals surface area contributed by atoms with E-state index in [-0.39, 0.29) is 5.54 Å². The molecule has 3 unspecified atom stereocenters. The molecule has 3 atom stereocenters. The first-order chi connectivity index (χ1) is 8.95. The maximum atomic E-state index is 6.84. The third-order valence-corrected chi connectivity index (χ3v) is 5.95. The van der Waals surface area contributed by atoms with Gasteiger partial charge in [0, 0.05) is 11.6 Å². The van der Waals surface area contributed by atoms with E-state index in [1.165, 1.54) is 51.4 Å². The predicted octanol–water partition coefficient (Wildman–Crippen LogP) is 3.65. The van der Waals surface area contributed by atoms with Crippen LogP contribution in [0.15, 0.2) is 0 Å². The Morgan fingerprint density at radius 1 is 0.947 bits per heavy atom. The van der Waals surface area contributed by atoms with E-state index in [2.05, 4.69) is 32.8 Å². The maximum absolute atomic E-state index is 6.84. The Kier molecular flexibility index (Phi) is 4.94. The van der Waals surface area contributed by atoms with Gasteiger partial charge in [0.25, 0.3) is 0 Å². The van der Waals surface area contributed by atoms with Crippen LogP contribution in [0.5, 0.6) is 0 Å². The Hall–Kier alpha value is -0.0800. The van der Waals surface area contributed by atoms with E-state index in [1.807, 2.05) is 0 Å². The van der Waals surface area contributed by atoms with Crippen molar-refractivity contribution in [3.8, 4) is 0 Å². The van der Waals surface area contributed by atoms with Crippen LogP contribution >= 0.6 is 0 Å². The van der Waals surface area contributed by atoms with Crippen molar-refractivity contribution in [2.24, 2.45) is 23.5 Å². The fourth-order valence-corrected chi connectivity index (χ4v) is 4.98. The van der Waals surface area contributed by atoms with Gasteiger partial charge in [-0.25, -0.2) is 0 Å². The number of nitrogens with zero attached hydrogens (tertiary/aromatic N) is 1. The molecule has 0 bridgehead atoms. The molecule has 2 fully saturated rings. The zero-order valence-corrected chi connectivity index (χ0v) is 13.5. The molecule has 19 heavy (non-hydrogen) atoms. The highest BCUT2D eigenvalue weighted by Gasteiger charge is 2.44. The number of nitrogens with two attached hydrogens (primary N) is 1. The molecule has 0 heterocycles. The molecule has 0 aliphatic heterocycles. The van der Waals surface area contributed by atoms with E-state index >= 15 is 0 Å². The summed E-state index contributed by atoms with van der Waals surface area (Å²) in [5.74, 6) is 2.46. The van der Waals surface area contributed by atoms with Gasteiger partial charge in [-0.2, -0.15) is 0 Å². The largest absolute Gasteiger partial charge is 0.326 e. The molecular weight excluding hydrogens is 232 g/mol. The summed E-state index contributed by atoms with van der Waals surface area (Å²) in [6.45, 7) is 4.83. The predicted molar refractivity (Wildman–Crippen MR) is 83.1 cm³/mol. The molecule has 2 nitrogen and oxygen atoms in total. The van der Waals surface area contributed by atoms with Crippen molar-refractivity contribution in [2.75, 3.05) is 14.1 Å². The Balaban J connectivity index is 2.12. The van der Waals surface area contributed by atoms with Gasteiger partial charge < -0.3 is 10.6 Å². The molecule has 0 amide bonds. The van der Waals surface area contributed by atoms with Gasteiger partial charge in [-0.15, -0.1) is 0 Å². The normalized spacial score (nSPS) is 37.3. The summed E-state index contributed by atoms with van der Waals surface area (Å²) in [7, 11) is 4.50. The highest BCUT2D eigenvalue weighted by Crippen LogP contribution is 2.42. The molecule has 2 saturated carbocycles. The van der Waals surface area contributed by atoms with Gasteiger partial charge in [0.2, 0.25) is 0 Å². The van der Waals surface area contributed by atoms with Crippen molar-refractivity contribution in [1.29, 1.82) is 0 Å². The van der Waals surface area contributed by atoms with Crippen LogP contribution in [0.4, 0.5) is 0 Å². The first kappa shape index (κ1) is 15.3. The van der Waals surface area contributed by atoms with Crippen molar-refractivity contribution in [1.82, 2.24) is 4.90 Å².